The highest BCUT2D eigenvalue weighted by Gasteiger charge is 2.39. The van der Waals surface area contributed by atoms with E-state index in [2.05, 4.69) is 20.8 Å². The predicted molar refractivity (Wildman–Crippen MR) is 95.1 cm³/mol. The van der Waals surface area contributed by atoms with Crippen molar-refractivity contribution < 1.29 is 27.7 Å². The Morgan fingerprint density at radius 2 is 1.60 bits per heavy atom. The number of hydrogen-bond donors (Lipinski definition) is 1. The number of phosphoric acid groups is 1. The van der Waals surface area contributed by atoms with Crippen LogP contribution in [0.4, 0.5) is 0 Å². The second-order valence-corrected chi connectivity index (χ2v) is 13.3. The van der Waals surface area contributed by atoms with Crippen LogP contribution in [0.3, 0.4) is 0 Å². The molecule has 0 aliphatic carbocycles. The van der Waals surface area contributed by atoms with Gasteiger partial charge in [-0.2, -0.15) is 10.5 Å². The topological polar surface area (TPSA) is 122 Å². The molecular weight excluding hydrogens is 363 g/mol. The van der Waals surface area contributed by atoms with Crippen LogP contribution in [-0.4, -0.2) is 46.0 Å². The van der Waals surface area contributed by atoms with Gasteiger partial charge in [-0.3, -0.25) is 13.6 Å². The maximum Gasteiger partial charge on any atom is 0.475 e. The highest BCUT2D eigenvalue weighted by Crippen LogP contribution is 2.51. The Bertz CT molecular complexity index is 500. The van der Waals surface area contributed by atoms with Crippen molar-refractivity contribution in [2.45, 2.75) is 57.8 Å². The minimum absolute atomic E-state index is 0.0131. The fourth-order valence-electron chi connectivity index (χ4n) is 1.32. The molecule has 144 valence electrons. The summed E-state index contributed by atoms with van der Waals surface area (Å²) in [5.74, 6) is 0. The molecule has 10 heteroatoms. The summed E-state index contributed by atoms with van der Waals surface area (Å²) in [6, 6.07) is 3.72. The first-order chi connectivity index (χ1) is 11.5. The van der Waals surface area contributed by atoms with Gasteiger partial charge >= 0.3 is 7.82 Å². The summed E-state index contributed by atoms with van der Waals surface area (Å²) in [6.45, 7) is 9.67. The van der Waals surface area contributed by atoms with Crippen LogP contribution in [0.5, 0.6) is 0 Å². The van der Waals surface area contributed by atoms with Gasteiger partial charge in [-0.25, -0.2) is 4.57 Å². The van der Waals surface area contributed by atoms with Crippen molar-refractivity contribution in [3.63, 3.8) is 0 Å². The second kappa shape index (κ2) is 11.0. The first-order valence-corrected chi connectivity index (χ1v) is 12.4. The van der Waals surface area contributed by atoms with Crippen molar-refractivity contribution in [2.75, 3.05) is 26.4 Å². The first kappa shape index (κ1) is 24.2. The summed E-state index contributed by atoms with van der Waals surface area (Å²) in [7, 11) is -6.07. The maximum absolute atomic E-state index is 12.6. The molecule has 1 atom stereocenters. The number of nitriles is 2. The van der Waals surface area contributed by atoms with Gasteiger partial charge in [-0.15, -0.1) is 0 Å². The molecule has 0 saturated heterocycles. The molecular formula is C15H29N2O6PSi. The second-order valence-electron chi connectivity index (χ2n) is 6.91. The summed E-state index contributed by atoms with van der Waals surface area (Å²) in [6.07, 6.45) is -0.873. The Kier molecular flexibility index (Phi) is 10.7. The number of aliphatic hydroxyl groups excluding tert-OH is 1. The lowest BCUT2D eigenvalue weighted by molar-refractivity contribution is 0.0225. The lowest BCUT2D eigenvalue weighted by Gasteiger charge is -2.37. The molecule has 0 aromatic carbocycles. The van der Waals surface area contributed by atoms with Crippen LogP contribution >= 0.6 is 7.82 Å². The minimum atomic E-state index is -4.00. The van der Waals surface area contributed by atoms with E-state index in [1.165, 1.54) is 0 Å². The highest BCUT2D eigenvalue weighted by molar-refractivity contribution is 7.48. The largest absolute Gasteiger partial charge is 0.475 e. The standard InChI is InChI=1S/C15H29N2O6PSi/c1-15(2,3)25(4,5)22-13-14(12-18)23-24(19,20-10-6-8-16)21-11-7-9-17/h14,18H,6-7,10-13H2,1-5H3. The van der Waals surface area contributed by atoms with Crippen molar-refractivity contribution in [1.82, 2.24) is 0 Å². The van der Waals surface area contributed by atoms with Gasteiger partial charge in [0.1, 0.15) is 6.10 Å². The Labute approximate surface area is 151 Å². The Hall–Kier alpha value is -0.773. The van der Waals surface area contributed by atoms with Crippen molar-refractivity contribution in [3.05, 3.63) is 0 Å². The van der Waals surface area contributed by atoms with Crippen LogP contribution in [0.15, 0.2) is 0 Å². The van der Waals surface area contributed by atoms with Crippen molar-refractivity contribution in [3.8, 4) is 12.1 Å². The number of phosphoric ester groups is 1. The van der Waals surface area contributed by atoms with Gasteiger partial charge < -0.3 is 9.53 Å². The van der Waals surface area contributed by atoms with Gasteiger partial charge in [0.2, 0.25) is 0 Å². The number of nitrogens with zero attached hydrogens (tertiary/aromatic N) is 2. The van der Waals surface area contributed by atoms with E-state index in [-0.39, 0.29) is 37.7 Å². The van der Waals surface area contributed by atoms with Crippen LogP contribution in [0.1, 0.15) is 33.6 Å². The van der Waals surface area contributed by atoms with E-state index in [1.807, 2.05) is 25.2 Å². The van der Waals surface area contributed by atoms with Crippen LogP contribution in [-0.2, 0) is 22.6 Å². The SMILES string of the molecule is CC(C)(C)[Si](C)(C)OCC(CO)OP(=O)(OCCC#N)OCCC#N. The molecule has 0 aliphatic rings. The van der Waals surface area contributed by atoms with E-state index >= 15 is 0 Å². The molecule has 0 saturated carbocycles. The minimum Gasteiger partial charge on any atom is -0.414 e. The van der Waals surface area contributed by atoms with Crippen molar-refractivity contribution in [1.29, 1.82) is 10.5 Å². The Morgan fingerprint density at radius 1 is 1.12 bits per heavy atom. The molecule has 0 heterocycles. The van der Waals surface area contributed by atoms with Crippen LogP contribution in [0, 0.1) is 22.7 Å². The van der Waals surface area contributed by atoms with Gasteiger partial charge in [0.15, 0.2) is 8.32 Å². The third-order valence-electron chi connectivity index (χ3n) is 3.84. The smallest absolute Gasteiger partial charge is 0.414 e. The Morgan fingerprint density at radius 3 is 1.96 bits per heavy atom. The van der Waals surface area contributed by atoms with E-state index in [0.717, 1.165) is 0 Å². The summed E-state index contributed by atoms with van der Waals surface area (Å²) < 4.78 is 34.0. The van der Waals surface area contributed by atoms with Gasteiger partial charge in [0.05, 0.1) is 51.4 Å². The quantitative estimate of drug-likeness (QED) is 0.305. The molecule has 0 aliphatic heterocycles. The van der Waals surface area contributed by atoms with Crippen LogP contribution in [0.25, 0.3) is 0 Å². The normalized spacial score (nSPS) is 13.9. The molecule has 1 unspecified atom stereocenters. The van der Waals surface area contributed by atoms with Crippen molar-refractivity contribution >= 4 is 16.1 Å². The van der Waals surface area contributed by atoms with E-state index in [9.17, 15) is 9.67 Å². The highest BCUT2D eigenvalue weighted by atomic mass is 31.2. The van der Waals surface area contributed by atoms with Crippen LogP contribution < -0.4 is 0 Å². The fourth-order valence-corrected chi connectivity index (χ4v) is 3.68. The summed E-state index contributed by atoms with van der Waals surface area (Å²) in [4.78, 5) is 0. The molecule has 0 aromatic heterocycles. The molecule has 25 heavy (non-hydrogen) atoms. The summed E-state index contributed by atoms with van der Waals surface area (Å²) in [5, 5.41) is 26.6. The lowest BCUT2D eigenvalue weighted by Crippen LogP contribution is -2.43. The van der Waals surface area contributed by atoms with Crippen molar-refractivity contribution in [2.24, 2.45) is 0 Å². The zero-order valence-electron chi connectivity index (χ0n) is 15.7. The van der Waals surface area contributed by atoms with Gasteiger partial charge in [-0.1, -0.05) is 20.8 Å². The molecule has 8 nitrogen and oxygen atoms in total. The third kappa shape index (κ3) is 9.48. The van der Waals surface area contributed by atoms with E-state index < -0.39 is 28.9 Å². The molecule has 0 spiro atoms. The first-order valence-electron chi connectivity index (χ1n) is 8.07. The number of aliphatic hydroxyl groups is 1. The van der Waals surface area contributed by atoms with E-state index in [1.54, 1.807) is 0 Å². The van der Waals surface area contributed by atoms with E-state index in [4.69, 9.17) is 28.5 Å². The van der Waals surface area contributed by atoms with Crippen LogP contribution in [0.2, 0.25) is 18.1 Å². The van der Waals surface area contributed by atoms with Gasteiger partial charge in [-0.05, 0) is 18.1 Å². The van der Waals surface area contributed by atoms with Gasteiger partial charge in [0, 0.05) is 0 Å². The molecule has 1 N–H and O–H groups in total. The molecule has 0 rings (SSSR count). The summed E-state index contributed by atoms with van der Waals surface area (Å²) in [5.41, 5.74) is 0. The van der Waals surface area contributed by atoms with Gasteiger partial charge in [0.25, 0.3) is 0 Å². The summed E-state index contributed by atoms with van der Waals surface area (Å²) >= 11 is 0. The zero-order chi connectivity index (χ0) is 19.6. The molecule has 0 amide bonds. The third-order valence-corrected chi connectivity index (χ3v) is 9.90. The molecule has 0 fully saturated rings. The average Bonchev–Trinajstić information content (AvgIpc) is 2.51. The molecule has 0 aromatic rings. The number of hydrogen-bond acceptors (Lipinski definition) is 8. The Balaban J connectivity index is 4.88. The zero-order valence-corrected chi connectivity index (χ0v) is 17.5. The lowest BCUT2D eigenvalue weighted by atomic mass is 10.2. The van der Waals surface area contributed by atoms with E-state index in [0.29, 0.717) is 0 Å². The average molecular weight is 392 g/mol. The monoisotopic (exact) mass is 392 g/mol. The fraction of sp³-hybridized carbons (Fsp3) is 0.867. The maximum atomic E-state index is 12.6. The predicted octanol–water partition coefficient (Wildman–Crippen LogP) is 3.35. The number of rotatable bonds is 12. The molecule has 0 radical (unpaired) electrons. The molecule has 0 bridgehead atoms.